The number of nitrogens with one attached hydrogen (secondary N) is 1. The highest BCUT2D eigenvalue weighted by molar-refractivity contribution is 9.10. The van der Waals surface area contributed by atoms with Crippen molar-refractivity contribution in [1.29, 1.82) is 0 Å². The Labute approximate surface area is 124 Å². The normalized spacial score (nSPS) is 10.6. The van der Waals surface area contributed by atoms with Crippen molar-refractivity contribution in [3.8, 4) is 0 Å². The van der Waals surface area contributed by atoms with Gasteiger partial charge in [0.05, 0.1) is 6.54 Å². The summed E-state index contributed by atoms with van der Waals surface area (Å²) in [5.41, 5.74) is 5.75. The third kappa shape index (κ3) is 4.45. The molecule has 0 aliphatic heterocycles. The van der Waals surface area contributed by atoms with Gasteiger partial charge in [-0.2, -0.15) is 0 Å². The monoisotopic (exact) mass is 342 g/mol. The molecule has 0 spiro atoms. The molecule has 0 amide bonds. The fourth-order valence-electron chi connectivity index (χ4n) is 1.49. The van der Waals surface area contributed by atoms with Crippen LogP contribution >= 0.6 is 27.3 Å². The maximum atomic E-state index is 5.75. The molecule has 0 aromatic carbocycles. The molecule has 0 atom stereocenters. The lowest BCUT2D eigenvalue weighted by Crippen LogP contribution is -2.07. The molecule has 0 unspecified atom stereocenters. The molecule has 7 heteroatoms. The van der Waals surface area contributed by atoms with Crippen molar-refractivity contribution < 1.29 is 4.74 Å². The van der Waals surface area contributed by atoms with Crippen LogP contribution in [-0.2, 0) is 17.9 Å². The van der Waals surface area contributed by atoms with Gasteiger partial charge in [0.15, 0.2) is 5.82 Å². The number of nitrogens with two attached hydrogens (primary N) is 1. The van der Waals surface area contributed by atoms with Gasteiger partial charge in [0, 0.05) is 27.4 Å². The van der Waals surface area contributed by atoms with E-state index in [9.17, 15) is 0 Å². The van der Waals surface area contributed by atoms with Crippen LogP contribution in [-0.4, -0.2) is 16.6 Å². The first-order valence-electron chi connectivity index (χ1n) is 5.85. The number of hydrogen-bond donors (Lipinski definition) is 2. The lowest BCUT2D eigenvalue weighted by Gasteiger charge is -2.07. The van der Waals surface area contributed by atoms with Gasteiger partial charge in [0.1, 0.15) is 18.2 Å². The fraction of sp³-hybridized carbons (Fsp3) is 0.333. The third-order valence-electron chi connectivity index (χ3n) is 2.29. The SMILES string of the molecule is CCOCc1nc(N)cc(NCc2cc(Br)cs2)n1. The van der Waals surface area contributed by atoms with E-state index >= 15 is 0 Å². The highest BCUT2D eigenvalue weighted by Gasteiger charge is 2.04. The number of hydrogen-bond acceptors (Lipinski definition) is 6. The number of thiophene rings is 1. The molecule has 0 saturated carbocycles. The molecule has 2 aromatic rings. The molecule has 0 aliphatic rings. The summed E-state index contributed by atoms with van der Waals surface area (Å²) in [7, 11) is 0. The molecule has 0 bridgehead atoms. The van der Waals surface area contributed by atoms with Gasteiger partial charge in [-0.3, -0.25) is 0 Å². The van der Waals surface area contributed by atoms with Crippen LogP contribution < -0.4 is 11.1 Å². The van der Waals surface area contributed by atoms with Crippen LogP contribution in [0.3, 0.4) is 0 Å². The Morgan fingerprint density at radius 1 is 1.42 bits per heavy atom. The minimum Gasteiger partial charge on any atom is -0.384 e. The number of ether oxygens (including phenoxy) is 1. The minimum absolute atomic E-state index is 0.376. The second kappa shape index (κ2) is 6.83. The zero-order chi connectivity index (χ0) is 13.7. The zero-order valence-electron chi connectivity index (χ0n) is 10.5. The van der Waals surface area contributed by atoms with Gasteiger partial charge in [-0.15, -0.1) is 11.3 Å². The quantitative estimate of drug-likeness (QED) is 0.843. The van der Waals surface area contributed by atoms with Gasteiger partial charge < -0.3 is 15.8 Å². The van der Waals surface area contributed by atoms with Gasteiger partial charge in [-0.1, -0.05) is 0 Å². The molecule has 5 nitrogen and oxygen atoms in total. The summed E-state index contributed by atoms with van der Waals surface area (Å²) >= 11 is 5.11. The lowest BCUT2D eigenvalue weighted by atomic mass is 10.4. The van der Waals surface area contributed by atoms with E-state index in [-0.39, 0.29) is 0 Å². The molecule has 0 saturated heterocycles. The first kappa shape index (κ1) is 14.2. The summed E-state index contributed by atoms with van der Waals surface area (Å²) in [4.78, 5) is 9.70. The van der Waals surface area contributed by atoms with E-state index in [0.29, 0.717) is 37.2 Å². The number of rotatable bonds is 6. The number of aromatic nitrogens is 2. The van der Waals surface area contributed by atoms with Crippen LogP contribution in [0.5, 0.6) is 0 Å². The van der Waals surface area contributed by atoms with Crippen LogP contribution in [0.15, 0.2) is 22.0 Å². The van der Waals surface area contributed by atoms with E-state index in [1.54, 1.807) is 17.4 Å². The minimum atomic E-state index is 0.376. The third-order valence-corrected chi connectivity index (χ3v) is 3.99. The van der Waals surface area contributed by atoms with Gasteiger partial charge in [-0.05, 0) is 28.9 Å². The molecular formula is C12H15BrN4OS. The Bertz CT molecular complexity index is 546. The first-order valence-corrected chi connectivity index (χ1v) is 7.52. The van der Waals surface area contributed by atoms with E-state index in [0.717, 1.165) is 4.47 Å². The van der Waals surface area contributed by atoms with Crippen molar-refractivity contribution in [2.24, 2.45) is 0 Å². The van der Waals surface area contributed by atoms with Crippen LogP contribution in [0.4, 0.5) is 11.6 Å². The Morgan fingerprint density at radius 2 is 2.26 bits per heavy atom. The number of nitrogens with zero attached hydrogens (tertiary/aromatic N) is 2. The fourth-order valence-corrected chi connectivity index (χ4v) is 2.88. The highest BCUT2D eigenvalue weighted by atomic mass is 79.9. The second-order valence-corrected chi connectivity index (χ2v) is 5.73. The molecule has 0 fully saturated rings. The van der Waals surface area contributed by atoms with E-state index < -0.39 is 0 Å². The summed E-state index contributed by atoms with van der Waals surface area (Å²) in [6, 6.07) is 3.79. The zero-order valence-corrected chi connectivity index (χ0v) is 12.9. The number of halogens is 1. The van der Waals surface area contributed by atoms with Crippen LogP contribution in [0, 0.1) is 0 Å². The smallest absolute Gasteiger partial charge is 0.158 e. The van der Waals surface area contributed by atoms with Crippen LogP contribution in [0.25, 0.3) is 0 Å². The van der Waals surface area contributed by atoms with Crippen molar-refractivity contribution in [3.05, 3.63) is 32.7 Å². The maximum Gasteiger partial charge on any atom is 0.158 e. The number of nitrogen functional groups attached to an aromatic ring is 1. The van der Waals surface area contributed by atoms with Crippen molar-refractivity contribution >= 4 is 38.9 Å². The van der Waals surface area contributed by atoms with Gasteiger partial charge in [0.2, 0.25) is 0 Å². The van der Waals surface area contributed by atoms with E-state index in [2.05, 4.69) is 37.3 Å². The van der Waals surface area contributed by atoms with Gasteiger partial charge >= 0.3 is 0 Å². The molecule has 3 N–H and O–H groups in total. The van der Waals surface area contributed by atoms with Gasteiger partial charge in [-0.25, -0.2) is 9.97 Å². The summed E-state index contributed by atoms with van der Waals surface area (Å²) < 4.78 is 6.37. The van der Waals surface area contributed by atoms with Gasteiger partial charge in [0.25, 0.3) is 0 Å². The molecule has 0 aliphatic carbocycles. The summed E-state index contributed by atoms with van der Waals surface area (Å²) in [5.74, 6) is 1.75. The Morgan fingerprint density at radius 3 is 2.95 bits per heavy atom. The summed E-state index contributed by atoms with van der Waals surface area (Å²) in [5, 5.41) is 5.28. The largest absolute Gasteiger partial charge is 0.384 e. The Balaban J connectivity index is 2.01. The Kier molecular flexibility index (Phi) is 5.12. The van der Waals surface area contributed by atoms with E-state index in [1.807, 2.05) is 12.3 Å². The number of anilines is 2. The van der Waals surface area contributed by atoms with E-state index in [1.165, 1.54) is 4.88 Å². The van der Waals surface area contributed by atoms with Crippen LogP contribution in [0.2, 0.25) is 0 Å². The maximum absolute atomic E-state index is 5.75. The summed E-state index contributed by atoms with van der Waals surface area (Å²) in [6.45, 7) is 3.64. The topological polar surface area (TPSA) is 73.1 Å². The van der Waals surface area contributed by atoms with E-state index in [4.69, 9.17) is 10.5 Å². The summed E-state index contributed by atoms with van der Waals surface area (Å²) in [6.07, 6.45) is 0. The van der Waals surface area contributed by atoms with Crippen LogP contribution in [0.1, 0.15) is 17.6 Å². The van der Waals surface area contributed by atoms with Crippen molar-refractivity contribution in [2.45, 2.75) is 20.1 Å². The highest BCUT2D eigenvalue weighted by Crippen LogP contribution is 2.20. The molecule has 2 heterocycles. The molecule has 2 rings (SSSR count). The molecule has 0 radical (unpaired) electrons. The molecular weight excluding hydrogens is 328 g/mol. The average Bonchev–Trinajstić information content (AvgIpc) is 2.79. The predicted octanol–water partition coefficient (Wildman–Crippen LogP) is 3.03. The molecule has 2 aromatic heterocycles. The average molecular weight is 343 g/mol. The standard InChI is InChI=1S/C12H15BrN4OS/c1-2-18-6-12-16-10(14)4-11(17-12)15-5-9-3-8(13)7-19-9/h3-4,7H,2,5-6H2,1H3,(H3,14,15,16,17). The predicted molar refractivity (Wildman–Crippen MR) is 81.1 cm³/mol. The van der Waals surface area contributed by atoms with Crippen molar-refractivity contribution in [1.82, 2.24) is 9.97 Å². The Hall–Kier alpha value is -1.18. The molecule has 102 valence electrons. The second-order valence-electron chi connectivity index (χ2n) is 3.82. The molecule has 19 heavy (non-hydrogen) atoms. The van der Waals surface area contributed by atoms with Crippen molar-refractivity contribution in [3.63, 3.8) is 0 Å². The first-order chi connectivity index (χ1) is 9.17. The van der Waals surface area contributed by atoms with Crippen molar-refractivity contribution in [2.75, 3.05) is 17.7 Å². The lowest BCUT2D eigenvalue weighted by molar-refractivity contribution is 0.128.